The highest BCUT2D eigenvalue weighted by Gasteiger charge is 2.16. The number of aromatic nitrogens is 2. The molecule has 2 aromatic heterocycles. The molecule has 0 aliphatic rings. The fourth-order valence-corrected chi connectivity index (χ4v) is 3.16. The van der Waals surface area contributed by atoms with Crippen molar-refractivity contribution in [2.45, 2.75) is 13.8 Å². The number of thiazole rings is 1. The maximum atomic E-state index is 11.3. The van der Waals surface area contributed by atoms with Crippen molar-refractivity contribution in [1.29, 1.82) is 0 Å². The van der Waals surface area contributed by atoms with Gasteiger partial charge in [0.1, 0.15) is 5.75 Å². The first-order valence-electron chi connectivity index (χ1n) is 5.95. The van der Waals surface area contributed by atoms with Crippen molar-refractivity contribution in [3.05, 3.63) is 45.6 Å². The lowest BCUT2D eigenvalue weighted by molar-refractivity contribution is 0.111. The summed E-state index contributed by atoms with van der Waals surface area (Å²) in [7, 11) is 0. The molecule has 1 aromatic carbocycles. The van der Waals surface area contributed by atoms with Crippen molar-refractivity contribution in [2.75, 3.05) is 0 Å². The van der Waals surface area contributed by atoms with Crippen LogP contribution in [0.4, 0.5) is 0 Å². The standard InChI is InChI=1S/C14H11ClN2O2S/c1-8-5-10(15)6-9(2)12(8)19-13-11(7-18)17-3-4-20-14(17)16-13/h3-7H,1-2H3. The third kappa shape index (κ3) is 2.09. The van der Waals surface area contributed by atoms with E-state index in [1.54, 1.807) is 10.6 Å². The minimum Gasteiger partial charge on any atom is -0.436 e. The smallest absolute Gasteiger partial charge is 0.250 e. The van der Waals surface area contributed by atoms with E-state index in [-0.39, 0.29) is 0 Å². The normalized spacial score (nSPS) is 10.9. The second kappa shape index (κ2) is 4.92. The van der Waals surface area contributed by atoms with Crippen molar-refractivity contribution in [1.82, 2.24) is 9.38 Å². The molecule has 0 radical (unpaired) electrons. The molecule has 0 N–H and O–H groups in total. The molecule has 4 nitrogen and oxygen atoms in total. The summed E-state index contributed by atoms with van der Waals surface area (Å²) in [5, 5.41) is 2.53. The molecule has 6 heteroatoms. The van der Waals surface area contributed by atoms with Gasteiger partial charge in [-0.2, -0.15) is 4.98 Å². The van der Waals surface area contributed by atoms with Crippen molar-refractivity contribution in [3.8, 4) is 11.6 Å². The molecular weight excluding hydrogens is 296 g/mol. The van der Waals surface area contributed by atoms with Crippen LogP contribution in [0.3, 0.4) is 0 Å². The van der Waals surface area contributed by atoms with Crippen LogP contribution in [0.15, 0.2) is 23.7 Å². The third-order valence-electron chi connectivity index (χ3n) is 3.00. The predicted octanol–water partition coefficient (Wildman–Crippen LogP) is 4.27. The Balaban J connectivity index is 2.09. The number of benzene rings is 1. The van der Waals surface area contributed by atoms with Gasteiger partial charge in [-0.15, -0.1) is 11.3 Å². The number of halogens is 1. The Morgan fingerprint density at radius 3 is 2.70 bits per heavy atom. The second-order valence-electron chi connectivity index (χ2n) is 4.45. The number of rotatable bonds is 3. The molecule has 0 saturated carbocycles. The highest BCUT2D eigenvalue weighted by atomic mass is 35.5. The molecule has 0 aliphatic heterocycles. The first-order chi connectivity index (χ1) is 9.60. The number of ether oxygens (including phenoxy) is 1. The summed E-state index contributed by atoms with van der Waals surface area (Å²) in [5.41, 5.74) is 2.22. The van der Waals surface area contributed by atoms with E-state index in [0.29, 0.717) is 22.3 Å². The van der Waals surface area contributed by atoms with Gasteiger partial charge >= 0.3 is 0 Å². The van der Waals surface area contributed by atoms with Crippen LogP contribution >= 0.6 is 22.9 Å². The minimum absolute atomic E-state index is 0.320. The summed E-state index contributed by atoms with van der Waals surface area (Å²) >= 11 is 7.45. The zero-order chi connectivity index (χ0) is 14.3. The Morgan fingerprint density at radius 1 is 1.35 bits per heavy atom. The Bertz CT molecular complexity index is 784. The molecule has 0 bridgehead atoms. The van der Waals surface area contributed by atoms with Crippen molar-refractivity contribution < 1.29 is 9.53 Å². The molecule has 0 spiro atoms. The molecule has 0 atom stereocenters. The molecule has 2 heterocycles. The Kier molecular flexibility index (Phi) is 3.23. The number of carbonyl (C=O) groups is 1. The Morgan fingerprint density at radius 2 is 2.05 bits per heavy atom. The summed E-state index contributed by atoms with van der Waals surface area (Å²) in [4.78, 5) is 16.3. The first-order valence-corrected chi connectivity index (χ1v) is 7.21. The lowest BCUT2D eigenvalue weighted by Crippen LogP contribution is -1.95. The number of hydrogen-bond donors (Lipinski definition) is 0. The highest BCUT2D eigenvalue weighted by Crippen LogP contribution is 2.33. The minimum atomic E-state index is 0.320. The highest BCUT2D eigenvalue weighted by molar-refractivity contribution is 7.15. The lowest BCUT2D eigenvalue weighted by atomic mass is 10.1. The van der Waals surface area contributed by atoms with Crippen LogP contribution in [0.25, 0.3) is 4.96 Å². The number of hydrogen-bond acceptors (Lipinski definition) is 4. The van der Waals surface area contributed by atoms with Gasteiger partial charge in [0, 0.05) is 16.6 Å². The second-order valence-corrected chi connectivity index (χ2v) is 5.76. The number of imidazole rings is 1. The van der Waals surface area contributed by atoms with E-state index in [9.17, 15) is 4.79 Å². The van der Waals surface area contributed by atoms with Crippen LogP contribution in [0, 0.1) is 13.8 Å². The van der Waals surface area contributed by atoms with Gasteiger partial charge in [-0.05, 0) is 37.1 Å². The third-order valence-corrected chi connectivity index (χ3v) is 3.98. The van der Waals surface area contributed by atoms with Crippen molar-refractivity contribution in [3.63, 3.8) is 0 Å². The number of carbonyl (C=O) groups excluding carboxylic acids is 1. The molecular formula is C14H11ClN2O2S. The van der Waals surface area contributed by atoms with E-state index in [1.165, 1.54) is 11.3 Å². The van der Waals surface area contributed by atoms with Crippen LogP contribution in [0.1, 0.15) is 21.6 Å². The topological polar surface area (TPSA) is 43.6 Å². The average molecular weight is 307 g/mol. The average Bonchev–Trinajstić information content (AvgIpc) is 2.93. The molecule has 0 amide bonds. The number of aldehydes is 1. The Labute approximate surface area is 124 Å². The number of nitrogens with zero attached hydrogens (tertiary/aromatic N) is 2. The maximum absolute atomic E-state index is 11.3. The van der Waals surface area contributed by atoms with Crippen LogP contribution < -0.4 is 4.74 Å². The van der Waals surface area contributed by atoms with Crippen LogP contribution in [0.5, 0.6) is 11.6 Å². The van der Waals surface area contributed by atoms with E-state index in [0.717, 1.165) is 22.4 Å². The quantitative estimate of drug-likeness (QED) is 0.679. The van der Waals surface area contributed by atoms with Crippen LogP contribution in [-0.4, -0.2) is 15.7 Å². The van der Waals surface area contributed by atoms with Gasteiger partial charge in [0.05, 0.1) is 0 Å². The summed E-state index contributed by atoms with van der Waals surface area (Å²) in [5.74, 6) is 1.00. The summed E-state index contributed by atoms with van der Waals surface area (Å²) in [6.45, 7) is 3.82. The van der Waals surface area contributed by atoms with Crippen molar-refractivity contribution in [2.24, 2.45) is 0 Å². The SMILES string of the molecule is Cc1cc(Cl)cc(C)c1Oc1nc2sccn2c1C=O. The fraction of sp³-hybridized carbons (Fsp3) is 0.143. The van der Waals surface area contributed by atoms with E-state index in [2.05, 4.69) is 4.98 Å². The van der Waals surface area contributed by atoms with E-state index >= 15 is 0 Å². The van der Waals surface area contributed by atoms with E-state index in [4.69, 9.17) is 16.3 Å². The summed E-state index contributed by atoms with van der Waals surface area (Å²) in [6.07, 6.45) is 2.55. The van der Waals surface area contributed by atoms with Crippen LogP contribution in [-0.2, 0) is 0 Å². The zero-order valence-electron chi connectivity index (χ0n) is 10.9. The molecule has 102 valence electrons. The summed E-state index contributed by atoms with van der Waals surface area (Å²) < 4.78 is 7.56. The monoisotopic (exact) mass is 306 g/mol. The molecule has 3 aromatic rings. The predicted molar refractivity (Wildman–Crippen MR) is 79.5 cm³/mol. The molecule has 0 saturated heterocycles. The Hall–Kier alpha value is -1.85. The first kappa shape index (κ1) is 13.1. The molecule has 0 fully saturated rings. The van der Waals surface area contributed by atoms with Gasteiger partial charge in [0.2, 0.25) is 5.88 Å². The molecule has 3 rings (SSSR count). The van der Waals surface area contributed by atoms with Crippen molar-refractivity contribution >= 4 is 34.2 Å². The van der Waals surface area contributed by atoms with Gasteiger partial charge in [-0.25, -0.2) is 0 Å². The fourth-order valence-electron chi connectivity index (χ4n) is 2.12. The number of aryl methyl sites for hydroxylation is 2. The van der Waals surface area contributed by atoms with Gasteiger partial charge in [0.15, 0.2) is 16.9 Å². The van der Waals surface area contributed by atoms with Gasteiger partial charge in [0.25, 0.3) is 0 Å². The molecule has 0 unspecified atom stereocenters. The largest absolute Gasteiger partial charge is 0.436 e. The van der Waals surface area contributed by atoms with E-state index in [1.807, 2.05) is 31.4 Å². The van der Waals surface area contributed by atoms with Gasteiger partial charge in [-0.3, -0.25) is 9.20 Å². The lowest BCUT2D eigenvalue weighted by Gasteiger charge is -2.10. The van der Waals surface area contributed by atoms with Gasteiger partial charge < -0.3 is 4.74 Å². The van der Waals surface area contributed by atoms with Gasteiger partial charge in [-0.1, -0.05) is 11.6 Å². The maximum Gasteiger partial charge on any atom is 0.250 e. The number of fused-ring (bicyclic) bond motifs is 1. The summed E-state index contributed by atoms with van der Waals surface area (Å²) in [6, 6.07) is 3.64. The molecule has 0 aliphatic carbocycles. The van der Waals surface area contributed by atoms with E-state index < -0.39 is 0 Å². The van der Waals surface area contributed by atoms with Crippen LogP contribution in [0.2, 0.25) is 5.02 Å². The zero-order valence-corrected chi connectivity index (χ0v) is 12.5. The molecule has 20 heavy (non-hydrogen) atoms.